The second kappa shape index (κ2) is 3.36. The van der Waals surface area contributed by atoms with Gasteiger partial charge in [-0.05, 0) is 43.8 Å². The molecule has 1 aliphatic carbocycles. The number of para-hydroxylation sites is 1. The molecular weight excluding hydrogens is 196 g/mol. The fourth-order valence-corrected chi connectivity index (χ4v) is 2.50. The molecule has 2 N–H and O–H groups in total. The number of rotatable bonds is 3. The number of nitrogens with two attached hydrogens (primary N) is 1. The molecule has 2 aromatic rings. The Hall–Kier alpha value is -1.28. The average Bonchev–Trinajstić information content (AvgIpc) is 3.01. The molecule has 1 heterocycles. The standard InChI is InChI=1S/C14H18N2/c1-11-8-12-4-2-3-5-13(12)16(11)10-14(9-15)6-7-14/h2-5,8H,6-7,9-10,15H2,1H3. The van der Waals surface area contributed by atoms with Gasteiger partial charge in [0.1, 0.15) is 0 Å². The Balaban J connectivity index is 2.05. The van der Waals surface area contributed by atoms with Gasteiger partial charge >= 0.3 is 0 Å². The minimum atomic E-state index is 0.395. The topological polar surface area (TPSA) is 30.9 Å². The number of fused-ring (bicyclic) bond motifs is 1. The Morgan fingerprint density at radius 3 is 2.75 bits per heavy atom. The summed E-state index contributed by atoms with van der Waals surface area (Å²) in [6.07, 6.45) is 2.57. The van der Waals surface area contributed by atoms with Crippen molar-refractivity contribution in [2.45, 2.75) is 26.3 Å². The van der Waals surface area contributed by atoms with E-state index in [-0.39, 0.29) is 0 Å². The van der Waals surface area contributed by atoms with Crippen LogP contribution < -0.4 is 5.73 Å². The molecule has 0 saturated heterocycles. The van der Waals surface area contributed by atoms with Crippen molar-refractivity contribution in [2.24, 2.45) is 11.1 Å². The van der Waals surface area contributed by atoms with Crippen molar-refractivity contribution in [1.29, 1.82) is 0 Å². The van der Waals surface area contributed by atoms with E-state index in [2.05, 4.69) is 41.8 Å². The van der Waals surface area contributed by atoms with E-state index in [0.717, 1.165) is 13.1 Å². The van der Waals surface area contributed by atoms with Crippen LogP contribution in [0.5, 0.6) is 0 Å². The Morgan fingerprint density at radius 1 is 1.31 bits per heavy atom. The van der Waals surface area contributed by atoms with Crippen LogP contribution in [0.25, 0.3) is 10.9 Å². The second-order valence-corrected chi connectivity index (χ2v) is 5.13. The van der Waals surface area contributed by atoms with Gasteiger partial charge in [-0.1, -0.05) is 18.2 Å². The summed E-state index contributed by atoms with van der Waals surface area (Å²) in [5.41, 5.74) is 8.96. The molecule has 0 aliphatic heterocycles. The first-order valence-corrected chi connectivity index (χ1v) is 5.99. The Labute approximate surface area is 96.1 Å². The predicted octanol–water partition coefficient (Wildman–Crippen LogP) is 2.69. The number of nitrogens with zero attached hydrogens (tertiary/aromatic N) is 1. The van der Waals surface area contributed by atoms with E-state index in [1.165, 1.54) is 29.4 Å². The molecule has 2 heteroatoms. The van der Waals surface area contributed by atoms with Crippen LogP contribution in [0.3, 0.4) is 0 Å². The van der Waals surface area contributed by atoms with Gasteiger partial charge in [0.2, 0.25) is 0 Å². The van der Waals surface area contributed by atoms with E-state index in [9.17, 15) is 0 Å². The van der Waals surface area contributed by atoms with Gasteiger partial charge in [0, 0.05) is 23.2 Å². The van der Waals surface area contributed by atoms with Gasteiger partial charge in [0.25, 0.3) is 0 Å². The number of hydrogen-bond acceptors (Lipinski definition) is 1. The molecule has 84 valence electrons. The van der Waals surface area contributed by atoms with Crippen LogP contribution >= 0.6 is 0 Å². The zero-order valence-electron chi connectivity index (χ0n) is 9.74. The van der Waals surface area contributed by atoms with Gasteiger partial charge in [0.05, 0.1) is 0 Å². The zero-order chi connectivity index (χ0) is 11.2. The predicted molar refractivity (Wildman–Crippen MR) is 67.4 cm³/mol. The van der Waals surface area contributed by atoms with Gasteiger partial charge in [-0.3, -0.25) is 0 Å². The van der Waals surface area contributed by atoms with E-state index in [1.807, 2.05) is 0 Å². The quantitative estimate of drug-likeness (QED) is 0.836. The van der Waals surface area contributed by atoms with Crippen LogP contribution in [0.1, 0.15) is 18.5 Å². The molecule has 1 aromatic carbocycles. The molecule has 1 aliphatic rings. The van der Waals surface area contributed by atoms with E-state index < -0.39 is 0 Å². The fraction of sp³-hybridized carbons (Fsp3) is 0.429. The van der Waals surface area contributed by atoms with Crippen LogP contribution in [0.15, 0.2) is 30.3 Å². The lowest BCUT2D eigenvalue weighted by Crippen LogP contribution is -2.21. The average molecular weight is 214 g/mol. The highest BCUT2D eigenvalue weighted by Gasteiger charge is 2.41. The van der Waals surface area contributed by atoms with Crippen molar-refractivity contribution in [3.05, 3.63) is 36.0 Å². The SMILES string of the molecule is Cc1cc2ccccc2n1CC1(CN)CC1. The maximum Gasteiger partial charge on any atom is 0.0482 e. The van der Waals surface area contributed by atoms with Crippen molar-refractivity contribution in [2.75, 3.05) is 6.54 Å². The molecule has 0 unspecified atom stereocenters. The first-order chi connectivity index (χ1) is 7.74. The third kappa shape index (κ3) is 1.45. The highest BCUT2D eigenvalue weighted by Crippen LogP contribution is 2.46. The summed E-state index contributed by atoms with van der Waals surface area (Å²) in [5.74, 6) is 0. The van der Waals surface area contributed by atoms with Crippen molar-refractivity contribution in [1.82, 2.24) is 4.57 Å². The van der Waals surface area contributed by atoms with Gasteiger partial charge in [-0.15, -0.1) is 0 Å². The molecule has 0 atom stereocenters. The van der Waals surface area contributed by atoms with E-state index in [4.69, 9.17) is 5.73 Å². The number of aryl methyl sites for hydroxylation is 1. The summed E-state index contributed by atoms with van der Waals surface area (Å²) in [7, 11) is 0. The monoisotopic (exact) mass is 214 g/mol. The minimum Gasteiger partial charge on any atom is -0.344 e. The molecule has 0 bridgehead atoms. The Bertz CT molecular complexity index is 521. The fourth-order valence-electron chi connectivity index (χ4n) is 2.50. The summed E-state index contributed by atoms with van der Waals surface area (Å²) < 4.78 is 2.43. The molecule has 0 radical (unpaired) electrons. The third-order valence-electron chi connectivity index (χ3n) is 3.90. The molecule has 1 aromatic heterocycles. The maximum absolute atomic E-state index is 5.87. The summed E-state index contributed by atoms with van der Waals surface area (Å²) in [5, 5.41) is 1.34. The molecule has 0 amide bonds. The summed E-state index contributed by atoms with van der Waals surface area (Å²) in [6.45, 7) is 4.09. The smallest absolute Gasteiger partial charge is 0.0482 e. The van der Waals surface area contributed by atoms with Gasteiger partial charge in [0.15, 0.2) is 0 Å². The third-order valence-corrected chi connectivity index (χ3v) is 3.90. The maximum atomic E-state index is 5.87. The number of aromatic nitrogens is 1. The molecule has 1 saturated carbocycles. The van der Waals surface area contributed by atoms with E-state index in [1.54, 1.807) is 0 Å². The van der Waals surface area contributed by atoms with Gasteiger partial charge in [-0.25, -0.2) is 0 Å². The highest BCUT2D eigenvalue weighted by molar-refractivity contribution is 5.81. The van der Waals surface area contributed by atoms with E-state index >= 15 is 0 Å². The van der Waals surface area contributed by atoms with Crippen molar-refractivity contribution < 1.29 is 0 Å². The van der Waals surface area contributed by atoms with Crippen LogP contribution in [0.2, 0.25) is 0 Å². The molecule has 1 fully saturated rings. The molecule has 16 heavy (non-hydrogen) atoms. The lowest BCUT2D eigenvalue weighted by molar-refractivity contribution is 0.437. The van der Waals surface area contributed by atoms with Gasteiger partial charge < -0.3 is 10.3 Å². The van der Waals surface area contributed by atoms with Crippen LogP contribution in [-0.2, 0) is 6.54 Å². The highest BCUT2D eigenvalue weighted by atomic mass is 15.0. The van der Waals surface area contributed by atoms with Crippen molar-refractivity contribution in [3.8, 4) is 0 Å². The van der Waals surface area contributed by atoms with E-state index in [0.29, 0.717) is 5.41 Å². The molecule has 2 nitrogen and oxygen atoms in total. The zero-order valence-corrected chi connectivity index (χ0v) is 9.74. The lowest BCUT2D eigenvalue weighted by Gasteiger charge is -2.16. The summed E-state index contributed by atoms with van der Waals surface area (Å²) >= 11 is 0. The van der Waals surface area contributed by atoms with Crippen molar-refractivity contribution >= 4 is 10.9 Å². The first-order valence-electron chi connectivity index (χ1n) is 5.99. The van der Waals surface area contributed by atoms with Crippen LogP contribution in [-0.4, -0.2) is 11.1 Å². The molecule has 3 rings (SSSR count). The Kier molecular flexibility index (Phi) is 2.08. The Morgan fingerprint density at radius 2 is 2.06 bits per heavy atom. The number of hydrogen-bond donors (Lipinski definition) is 1. The van der Waals surface area contributed by atoms with Crippen LogP contribution in [0.4, 0.5) is 0 Å². The molecular formula is C14H18N2. The normalized spacial score (nSPS) is 17.9. The molecule has 0 spiro atoms. The minimum absolute atomic E-state index is 0.395. The van der Waals surface area contributed by atoms with Gasteiger partial charge in [-0.2, -0.15) is 0 Å². The summed E-state index contributed by atoms with van der Waals surface area (Å²) in [6, 6.07) is 10.9. The van der Waals surface area contributed by atoms with Crippen LogP contribution in [0, 0.1) is 12.3 Å². The summed E-state index contributed by atoms with van der Waals surface area (Å²) in [4.78, 5) is 0. The van der Waals surface area contributed by atoms with Crippen molar-refractivity contribution in [3.63, 3.8) is 0 Å². The first kappa shape index (κ1) is 9.91. The number of benzene rings is 1. The largest absolute Gasteiger partial charge is 0.344 e. The lowest BCUT2D eigenvalue weighted by atomic mass is 10.1. The second-order valence-electron chi connectivity index (χ2n) is 5.13.